The Morgan fingerprint density at radius 2 is 2.21 bits per heavy atom. The standard InChI is InChI=1S/C9H15NO4/c1-2-14-9(13)10-7-5-3-4-6(7)8(11)12/h6-7H,2-5H2,1H3,(H,10,13)(H,11,12). The highest BCUT2D eigenvalue weighted by Gasteiger charge is 2.34. The topological polar surface area (TPSA) is 75.6 Å². The minimum Gasteiger partial charge on any atom is -0.481 e. The molecule has 0 heterocycles. The first-order chi connectivity index (χ1) is 6.65. The predicted molar refractivity (Wildman–Crippen MR) is 48.9 cm³/mol. The van der Waals surface area contributed by atoms with Crippen molar-refractivity contribution in [3.8, 4) is 0 Å². The second kappa shape index (κ2) is 4.83. The van der Waals surface area contributed by atoms with E-state index in [1.165, 1.54) is 0 Å². The van der Waals surface area contributed by atoms with Crippen LogP contribution in [0, 0.1) is 5.92 Å². The minimum atomic E-state index is -0.843. The summed E-state index contributed by atoms with van der Waals surface area (Å²) in [6, 6.07) is -0.272. The first kappa shape index (κ1) is 10.8. The molecular formula is C9H15NO4. The highest BCUT2D eigenvalue weighted by molar-refractivity contribution is 5.73. The predicted octanol–water partition coefficient (Wildman–Crippen LogP) is 0.986. The van der Waals surface area contributed by atoms with Crippen LogP contribution in [-0.2, 0) is 9.53 Å². The van der Waals surface area contributed by atoms with Crippen molar-refractivity contribution in [2.75, 3.05) is 6.61 Å². The van der Waals surface area contributed by atoms with Crippen LogP contribution in [0.3, 0.4) is 0 Å². The van der Waals surface area contributed by atoms with Crippen LogP contribution in [0.1, 0.15) is 26.2 Å². The number of rotatable bonds is 3. The van der Waals surface area contributed by atoms with Crippen LogP contribution < -0.4 is 5.32 Å². The molecule has 0 saturated heterocycles. The third kappa shape index (κ3) is 2.61. The number of ether oxygens (including phenoxy) is 1. The van der Waals surface area contributed by atoms with Crippen LogP contribution in [0.4, 0.5) is 4.79 Å². The Labute approximate surface area is 82.4 Å². The lowest BCUT2D eigenvalue weighted by Crippen LogP contribution is -2.40. The van der Waals surface area contributed by atoms with E-state index in [0.29, 0.717) is 13.0 Å². The molecule has 1 amide bonds. The summed E-state index contributed by atoms with van der Waals surface area (Å²) in [6.07, 6.45) is 1.67. The highest BCUT2D eigenvalue weighted by atomic mass is 16.5. The van der Waals surface area contributed by atoms with Crippen LogP contribution in [0.25, 0.3) is 0 Å². The summed E-state index contributed by atoms with van der Waals surface area (Å²) in [7, 11) is 0. The lowest BCUT2D eigenvalue weighted by Gasteiger charge is -2.16. The van der Waals surface area contributed by atoms with Gasteiger partial charge in [-0.3, -0.25) is 4.79 Å². The van der Waals surface area contributed by atoms with Gasteiger partial charge in [0.1, 0.15) is 0 Å². The molecule has 1 aliphatic rings. The van der Waals surface area contributed by atoms with E-state index >= 15 is 0 Å². The van der Waals surface area contributed by atoms with Gasteiger partial charge in [0.15, 0.2) is 0 Å². The lowest BCUT2D eigenvalue weighted by molar-refractivity contribution is -0.142. The summed E-state index contributed by atoms with van der Waals surface area (Å²) in [6.45, 7) is 2.01. The molecule has 1 rings (SSSR count). The van der Waals surface area contributed by atoms with Gasteiger partial charge in [0.25, 0.3) is 0 Å². The molecular weight excluding hydrogens is 186 g/mol. The van der Waals surface area contributed by atoms with Gasteiger partial charge < -0.3 is 15.2 Å². The van der Waals surface area contributed by atoms with E-state index in [0.717, 1.165) is 12.8 Å². The van der Waals surface area contributed by atoms with Crippen molar-refractivity contribution in [3.63, 3.8) is 0 Å². The summed E-state index contributed by atoms with van der Waals surface area (Å²) in [4.78, 5) is 21.8. The maximum atomic E-state index is 11.0. The summed E-state index contributed by atoms with van der Waals surface area (Å²) in [5, 5.41) is 11.4. The molecule has 2 atom stereocenters. The van der Waals surface area contributed by atoms with Gasteiger partial charge in [0, 0.05) is 6.04 Å². The van der Waals surface area contributed by atoms with Crippen molar-refractivity contribution in [3.05, 3.63) is 0 Å². The monoisotopic (exact) mass is 201 g/mol. The first-order valence-corrected chi connectivity index (χ1v) is 4.81. The van der Waals surface area contributed by atoms with Crippen molar-refractivity contribution in [2.45, 2.75) is 32.2 Å². The van der Waals surface area contributed by atoms with E-state index in [1.54, 1.807) is 6.92 Å². The lowest BCUT2D eigenvalue weighted by atomic mass is 10.0. The Kier molecular flexibility index (Phi) is 3.73. The number of hydrogen-bond donors (Lipinski definition) is 2. The molecule has 0 aromatic rings. The quantitative estimate of drug-likeness (QED) is 0.713. The molecule has 2 N–H and O–H groups in total. The smallest absolute Gasteiger partial charge is 0.407 e. The number of carboxylic acid groups (broad SMARTS) is 1. The van der Waals surface area contributed by atoms with E-state index in [9.17, 15) is 9.59 Å². The molecule has 80 valence electrons. The number of nitrogens with one attached hydrogen (secondary N) is 1. The van der Waals surface area contributed by atoms with Crippen LogP contribution in [0.5, 0.6) is 0 Å². The van der Waals surface area contributed by atoms with E-state index in [2.05, 4.69) is 10.1 Å². The fraction of sp³-hybridized carbons (Fsp3) is 0.778. The van der Waals surface area contributed by atoms with Gasteiger partial charge in [-0.2, -0.15) is 0 Å². The Bertz CT molecular complexity index is 229. The largest absolute Gasteiger partial charge is 0.481 e. The third-order valence-corrected chi connectivity index (χ3v) is 2.41. The number of aliphatic carboxylic acids is 1. The zero-order valence-corrected chi connectivity index (χ0v) is 8.16. The van der Waals surface area contributed by atoms with Gasteiger partial charge in [0.05, 0.1) is 12.5 Å². The third-order valence-electron chi connectivity index (χ3n) is 2.41. The average molecular weight is 201 g/mol. The van der Waals surface area contributed by atoms with Gasteiger partial charge in [-0.1, -0.05) is 6.42 Å². The molecule has 14 heavy (non-hydrogen) atoms. The Balaban J connectivity index is 2.43. The zero-order valence-electron chi connectivity index (χ0n) is 8.16. The molecule has 0 aromatic carbocycles. The number of amides is 1. The number of alkyl carbamates (subject to hydrolysis) is 1. The highest BCUT2D eigenvalue weighted by Crippen LogP contribution is 2.25. The van der Waals surface area contributed by atoms with Crippen molar-refractivity contribution >= 4 is 12.1 Å². The second-order valence-corrected chi connectivity index (χ2v) is 3.35. The normalized spacial score (nSPS) is 25.8. The molecule has 0 aromatic heterocycles. The number of carbonyl (C=O) groups excluding carboxylic acids is 1. The molecule has 2 unspecified atom stereocenters. The van der Waals surface area contributed by atoms with Gasteiger partial charge in [-0.05, 0) is 19.8 Å². The summed E-state index contributed by atoms with van der Waals surface area (Å²) >= 11 is 0. The first-order valence-electron chi connectivity index (χ1n) is 4.81. The van der Waals surface area contributed by atoms with Crippen molar-refractivity contribution < 1.29 is 19.4 Å². The molecule has 0 bridgehead atoms. The van der Waals surface area contributed by atoms with Crippen LogP contribution in [0.2, 0.25) is 0 Å². The molecule has 1 fully saturated rings. The van der Waals surface area contributed by atoms with E-state index < -0.39 is 18.0 Å². The van der Waals surface area contributed by atoms with E-state index in [4.69, 9.17) is 5.11 Å². The molecule has 1 aliphatic carbocycles. The molecule has 0 aliphatic heterocycles. The molecule has 5 nitrogen and oxygen atoms in total. The van der Waals surface area contributed by atoms with E-state index in [-0.39, 0.29) is 6.04 Å². The van der Waals surface area contributed by atoms with Crippen LogP contribution in [-0.4, -0.2) is 29.8 Å². The summed E-state index contributed by atoms with van der Waals surface area (Å²) < 4.78 is 4.69. The Hall–Kier alpha value is -1.26. The number of carbonyl (C=O) groups is 2. The van der Waals surface area contributed by atoms with Gasteiger partial charge in [-0.15, -0.1) is 0 Å². The number of hydrogen-bond acceptors (Lipinski definition) is 3. The maximum absolute atomic E-state index is 11.0. The molecule has 5 heteroatoms. The van der Waals surface area contributed by atoms with Crippen molar-refractivity contribution in [1.29, 1.82) is 0 Å². The summed E-state index contributed by atoms with van der Waals surface area (Å²) in [5.74, 6) is -1.30. The van der Waals surface area contributed by atoms with Crippen LogP contribution >= 0.6 is 0 Å². The zero-order chi connectivity index (χ0) is 10.6. The Morgan fingerprint density at radius 3 is 2.79 bits per heavy atom. The van der Waals surface area contributed by atoms with Crippen molar-refractivity contribution in [1.82, 2.24) is 5.32 Å². The van der Waals surface area contributed by atoms with Gasteiger partial charge in [0.2, 0.25) is 0 Å². The number of carboxylic acids is 1. The van der Waals surface area contributed by atoms with Gasteiger partial charge in [-0.25, -0.2) is 4.79 Å². The molecule has 0 radical (unpaired) electrons. The fourth-order valence-electron chi connectivity index (χ4n) is 1.75. The van der Waals surface area contributed by atoms with Gasteiger partial charge >= 0.3 is 12.1 Å². The van der Waals surface area contributed by atoms with Crippen molar-refractivity contribution in [2.24, 2.45) is 5.92 Å². The minimum absolute atomic E-state index is 0.272. The average Bonchev–Trinajstić information content (AvgIpc) is 2.52. The molecule has 1 saturated carbocycles. The SMILES string of the molecule is CCOC(=O)NC1CCCC1C(=O)O. The Morgan fingerprint density at radius 1 is 1.50 bits per heavy atom. The maximum Gasteiger partial charge on any atom is 0.407 e. The molecule has 0 spiro atoms. The van der Waals surface area contributed by atoms with Crippen LogP contribution in [0.15, 0.2) is 0 Å². The fourth-order valence-corrected chi connectivity index (χ4v) is 1.75. The van der Waals surface area contributed by atoms with E-state index in [1.807, 2.05) is 0 Å². The summed E-state index contributed by atoms with van der Waals surface area (Å²) in [5.41, 5.74) is 0. The second-order valence-electron chi connectivity index (χ2n) is 3.35.